The molecule has 4 aromatic carbocycles. The molecule has 0 aliphatic carbocycles. The van der Waals surface area contributed by atoms with Gasteiger partial charge in [0.05, 0.1) is 11.7 Å². The molecule has 6 N–H and O–H groups in total. The van der Waals surface area contributed by atoms with E-state index < -0.39 is 24.1 Å². The zero-order valence-electron chi connectivity index (χ0n) is 45.1. The van der Waals surface area contributed by atoms with Crippen molar-refractivity contribution < 1.29 is 43.1 Å². The first-order valence-electron chi connectivity index (χ1n) is 27.1. The molecule has 19 heteroatoms. The van der Waals surface area contributed by atoms with Gasteiger partial charge in [0.15, 0.2) is 11.6 Å². The number of fused-ring (bicyclic) bond motifs is 4. The number of nitrogens with zero attached hydrogens (tertiary/aromatic N) is 4. The SMILES string of the molecule is C=C1C=CC(=O)N1CCCC(=O)NCCC[C@H](C(=O)N[C@@H](CCCNC(N)=O)C(=O)Cc1ccc(C(=O)Cc2ccc3[nH]c(C(=O)N4C[C@@H](CCl)c5c4cc(OC(=O)N4CCN(C)CC4)c4ccccc54)cc3c2)cc1)C(C)C. The summed E-state index contributed by atoms with van der Waals surface area (Å²) in [6.07, 6.45) is 5.10. The molecular formula is C60H70ClN9O9. The van der Waals surface area contributed by atoms with Crippen LogP contribution in [-0.4, -0.2) is 138 Å². The zero-order chi connectivity index (χ0) is 56.3. The highest BCUT2D eigenvalue weighted by atomic mass is 35.5. The van der Waals surface area contributed by atoms with E-state index in [1.165, 1.54) is 11.0 Å². The summed E-state index contributed by atoms with van der Waals surface area (Å²) in [6.45, 7) is 11.6. The summed E-state index contributed by atoms with van der Waals surface area (Å²) in [4.78, 5) is 115. The predicted octanol–water partition coefficient (Wildman–Crippen LogP) is 7.38. The van der Waals surface area contributed by atoms with Crippen molar-refractivity contribution in [3.8, 4) is 5.75 Å². The third-order valence-electron chi connectivity index (χ3n) is 15.1. The van der Waals surface area contributed by atoms with E-state index in [-0.39, 0.29) is 85.1 Å². The summed E-state index contributed by atoms with van der Waals surface area (Å²) < 4.78 is 6.07. The van der Waals surface area contributed by atoms with Gasteiger partial charge in [-0.2, -0.15) is 0 Å². The number of H-pyrrole nitrogens is 1. The minimum Gasteiger partial charge on any atom is -0.409 e. The number of nitrogens with one attached hydrogen (secondary N) is 4. The van der Waals surface area contributed by atoms with E-state index in [1.807, 2.05) is 63.4 Å². The van der Waals surface area contributed by atoms with Gasteiger partial charge in [0.2, 0.25) is 11.8 Å². The third-order valence-corrected chi connectivity index (χ3v) is 15.5. The van der Waals surface area contributed by atoms with Crippen LogP contribution in [0.2, 0.25) is 0 Å². The largest absolute Gasteiger partial charge is 0.415 e. The van der Waals surface area contributed by atoms with E-state index in [0.717, 1.165) is 40.4 Å². The van der Waals surface area contributed by atoms with Crippen molar-refractivity contribution in [2.75, 3.05) is 70.2 Å². The van der Waals surface area contributed by atoms with Crippen molar-refractivity contribution in [3.63, 3.8) is 0 Å². The van der Waals surface area contributed by atoms with Crippen molar-refractivity contribution in [2.24, 2.45) is 17.6 Å². The smallest absolute Gasteiger partial charge is 0.409 e. The second-order valence-corrected chi connectivity index (χ2v) is 21.4. The quantitative estimate of drug-likeness (QED) is 0.0234. The lowest BCUT2D eigenvalue weighted by Gasteiger charge is -2.31. The number of rotatable bonds is 24. The van der Waals surface area contributed by atoms with Gasteiger partial charge in [-0.15, -0.1) is 11.6 Å². The molecule has 416 valence electrons. The molecule has 1 fully saturated rings. The number of alkyl halides is 1. The molecule has 4 heterocycles. The number of hydrogen-bond acceptors (Lipinski definition) is 10. The number of allylic oxidation sites excluding steroid dienone is 1. The molecule has 1 aromatic heterocycles. The standard InChI is InChI=1S/C60H70ClN9O9/c1-37(2)44(12-7-23-63-54(73)14-9-25-69-38(3)15-22-55(69)74)57(75)66-48(13-8-24-64-59(62)77)52(72)31-39-16-19-41(20-17-39)51(71)32-40-18-21-47-42(30-40)33-49(65-47)58(76)70-36-43(35-61)56-46-11-6-5-10-45(46)53(34-50(56)70)79-60(78)68-28-26-67(4)27-29-68/h5-6,10-11,15-22,30,33-34,37,43-44,48,65H,3,7-9,12-14,23-29,31-32,35-36H2,1-2,4H3,(H,63,73)(H,66,75)(H3,62,64,77)/t43-,44+,48+/m1/s1. The number of ketones is 2. The highest BCUT2D eigenvalue weighted by Crippen LogP contribution is 2.46. The number of Topliss-reactive ketones (excluding diaryl/α,β-unsaturated/α-hetero) is 2. The molecule has 3 aliphatic heterocycles. The van der Waals surface area contributed by atoms with Gasteiger partial charge < -0.3 is 51.0 Å². The average molecular weight is 1100 g/mol. The van der Waals surface area contributed by atoms with Crippen LogP contribution in [0.4, 0.5) is 15.3 Å². The Bertz CT molecular complexity index is 3140. The number of halogens is 1. The molecular weight excluding hydrogens is 1030 g/mol. The molecule has 1 saturated heterocycles. The molecule has 7 amide bonds. The molecule has 18 nitrogen and oxygen atoms in total. The number of ether oxygens (including phenoxy) is 1. The van der Waals surface area contributed by atoms with Crippen LogP contribution in [0.1, 0.15) is 95.8 Å². The van der Waals surface area contributed by atoms with Gasteiger partial charge in [0.1, 0.15) is 11.4 Å². The summed E-state index contributed by atoms with van der Waals surface area (Å²) >= 11 is 6.57. The number of urea groups is 1. The third kappa shape index (κ3) is 14.3. The molecule has 0 spiro atoms. The Labute approximate surface area is 465 Å². The Kier molecular flexibility index (Phi) is 19.0. The maximum absolute atomic E-state index is 14.5. The number of aromatic amines is 1. The molecule has 3 atom stereocenters. The van der Waals surface area contributed by atoms with Crippen LogP contribution in [0.5, 0.6) is 5.75 Å². The number of hydrogen-bond donors (Lipinski definition) is 5. The minimum atomic E-state index is -0.858. The van der Waals surface area contributed by atoms with E-state index in [9.17, 15) is 38.4 Å². The van der Waals surface area contributed by atoms with E-state index in [1.54, 1.807) is 52.3 Å². The van der Waals surface area contributed by atoms with Gasteiger partial charge in [0.25, 0.3) is 11.8 Å². The van der Waals surface area contributed by atoms with Gasteiger partial charge in [-0.1, -0.05) is 75.0 Å². The van der Waals surface area contributed by atoms with Gasteiger partial charge in [-0.05, 0) is 91.4 Å². The predicted molar refractivity (Wildman–Crippen MR) is 304 cm³/mol. The molecule has 5 aromatic rings. The Balaban J connectivity index is 0.871. The molecule has 0 unspecified atom stereocenters. The first-order valence-corrected chi connectivity index (χ1v) is 27.7. The maximum atomic E-state index is 14.5. The van der Waals surface area contributed by atoms with Crippen LogP contribution in [-0.2, 0) is 32.0 Å². The maximum Gasteiger partial charge on any atom is 0.415 e. The first kappa shape index (κ1) is 57.3. The Hall–Kier alpha value is -7.83. The van der Waals surface area contributed by atoms with E-state index >= 15 is 0 Å². The number of amides is 7. The van der Waals surface area contributed by atoms with E-state index in [0.29, 0.717) is 97.9 Å². The summed E-state index contributed by atoms with van der Waals surface area (Å²) in [6, 6.07) is 22.1. The second kappa shape index (κ2) is 26.2. The van der Waals surface area contributed by atoms with E-state index in [2.05, 4.69) is 32.4 Å². The topological polar surface area (TPSA) is 237 Å². The fourth-order valence-electron chi connectivity index (χ4n) is 10.6. The number of anilines is 1. The Morgan fingerprint density at radius 3 is 2.24 bits per heavy atom. The number of benzene rings is 4. The Morgan fingerprint density at radius 2 is 1.54 bits per heavy atom. The van der Waals surface area contributed by atoms with Crippen LogP contribution in [0.25, 0.3) is 21.7 Å². The Morgan fingerprint density at radius 1 is 0.835 bits per heavy atom. The lowest BCUT2D eigenvalue weighted by molar-refractivity contribution is -0.131. The van der Waals surface area contributed by atoms with Gasteiger partial charge in [0, 0.05) is 129 Å². The van der Waals surface area contributed by atoms with Crippen LogP contribution in [0, 0.1) is 11.8 Å². The van der Waals surface area contributed by atoms with Crippen molar-refractivity contribution >= 4 is 86.3 Å². The van der Waals surface area contributed by atoms with Crippen molar-refractivity contribution in [3.05, 3.63) is 131 Å². The molecule has 3 aliphatic rings. The normalized spacial score (nSPS) is 16.1. The number of carbonyl (C=O) groups is 8. The number of nitrogens with two attached hydrogens (primary N) is 1. The summed E-state index contributed by atoms with van der Waals surface area (Å²) in [7, 11) is 2.02. The van der Waals surface area contributed by atoms with Crippen molar-refractivity contribution in [1.29, 1.82) is 0 Å². The summed E-state index contributed by atoms with van der Waals surface area (Å²) in [5.74, 6) is -1.25. The van der Waals surface area contributed by atoms with Gasteiger partial charge in [-0.25, -0.2) is 9.59 Å². The number of primary amides is 1. The highest BCUT2D eigenvalue weighted by Gasteiger charge is 2.37. The van der Waals surface area contributed by atoms with Crippen molar-refractivity contribution in [1.82, 2.24) is 35.6 Å². The number of likely N-dealkylation sites (N-methyl/N-ethyl adjacent to an activating group) is 1. The van der Waals surface area contributed by atoms with Crippen LogP contribution < -0.4 is 31.3 Å². The molecule has 0 saturated carbocycles. The molecule has 8 rings (SSSR count). The summed E-state index contributed by atoms with van der Waals surface area (Å²) in [5, 5.41) is 10.8. The monoisotopic (exact) mass is 1100 g/mol. The first-order chi connectivity index (χ1) is 38.0. The van der Waals surface area contributed by atoms with Crippen LogP contribution in [0.15, 0.2) is 103 Å². The number of piperazine rings is 1. The van der Waals surface area contributed by atoms with Gasteiger partial charge >= 0.3 is 12.1 Å². The number of carbonyl (C=O) groups excluding carboxylic acids is 8. The molecule has 0 radical (unpaired) electrons. The fourth-order valence-corrected chi connectivity index (χ4v) is 10.8. The van der Waals surface area contributed by atoms with Crippen molar-refractivity contribution in [2.45, 2.75) is 77.2 Å². The van der Waals surface area contributed by atoms with Crippen LogP contribution >= 0.6 is 11.6 Å². The van der Waals surface area contributed by atoms with Gasteiger partial charge in [-0.3, -0.25) is 28.8 Å². The average Bonchev–Trinajstić information content (AvgIpc) is 4.30. The van der Waals surface area contributed by atoms with Crippen LogP contribution in [0.3, 0.4) is 0 Å². The minimum absolute atomic E-state index is 0.0134. The molecule has 79 heavy (non-hydrogen) atoms. The lowest BCUT2D eigenvalue weighted by atomic mass is 9.89. The van der Waals surface area contributed by atoms with E-state index in [4.69, 9.17) is 22.1 Å². The highest BCUT2D eigenvalue weighted by molar-refractivity contribution is 6.19. The fraction of sp³-hybridized carbons (Fsp3) is 0.400. The lowest BCUT2D eigenvalue weighted by Crippen LogP contribution is -2.48. The number of aromatic nitrogens is 1. The summed E-state index contributed by atoms with van der Waals surface area (Å²) in [5.41, 5.74) is 10.3. The second-order valence-electron chi connectivity index (χ2n) is 21.1. The zero-order valence-corrected chi connectivity index (χ0v) is 45.9. The molecule has 0 bridgehead atoms.